The molecule has 2 aromatic rings. The Balaban J connectivity index is 0.00000150. The summed E-state index contributed by atoms with van der Waals surface area (Å²) in [6.45, 7) is 4.94. The van der Waals surface area contributed by atoms with Gasteiger partial charge in [0.25, 0.3) is 0 Å². The van der Waals surface area contributed by atoms with Gasteiger partial charge in [-0.1, -0.05) is 11.2 Å². The quantitative estimate of drug-likeness (QED) is 0.723. The Kier molecular flexibility index (Phi) is 9.32. The summed E-state index contributed by atoms with van der Waals surface area (Å²) in [7, 11) is 0. The van der Waals surface area contributed by atoms with E-state index >= 15 is 0 Å². The van der Waals surface area contributed by atoms with E-state index in [1.54, 1.807) is 11.3 Å². The zero-order valence-corrected chi connectivity index (χ0v) is 18.5. The van der Waals surface area contributed by atoms with Gasteiger partial charge >= 0.3 is 0 Å². The molecule has 2 N–H and O–H groups in total. The third-order valence-electron chi connectivity index (χ3n) is 5.31. The molecule has 0 spiro atoms. The lowest BCUT2D eigenvalue weighted by Gasteiger charge is -2.37. The number of hydrogen-bond donors (Lipinski definition) is 1. The second kappa shape index (κ2) is 11.2. The molecule has 1 atom stereocenters. The summed E-state index contributed by atoms with van der Waals surface area (Å²) in [6, 6.07) is 3.53. The molecule has 2 aliphatic rings. The Hall–Kier alpha value is -1.23. The number of ether oxygens (including phenoxy) is 1. The highest BCUT2D eigenvalue weighted by Gasteiger charge is 2.31. The molecule has 162 valence electrons. The number of rotatable bonds is 5. The van der Waals surface area contributed by atoms with Crippen molar-refractivity contribution in [2.24, 2.45) is 11.7 Å². The number of halogens is 2. The van der Waals surface area contributed by atoms with Crippen molar-refractivity contribution < 1.29 is 14.1 Å². The van der Waals surface area contributed by atoms with Crippen LogP contribution in [0.3, 0.4) is 0 Å². The summed E-state index contributed by atoms with van der Waals surface area (Å²) < 4.78 is 10.7. The molecule has 2 fully saturated rings. The molecule has 1 unspecified atom stereocenters. The zero-order valence-electron chi connectivity index (χ0n) is 16.1. The van der Waals surface area contributed by atoms with E-state index in [1.807, 2.05) is 22.4 Å². The fourth-order valence-corrected chi connectivity index (χ4v) is 4.28. The first-order valence-electron chi connectivity index (χ1n) is 9.41. The molecule has 4 rings (SSSR count). The standard InChI is InChI=1S/C18H25N5O3S.2ClH/c19-16(13-3-9-25-10-4-13)18(24)23-7-5-22(6-8-23)12-15-20-17(21-26-15)14-2-1-11-27-14;;/h1-2,11,13,16H,3-10,12,19H2;2*1H. The van der Waals surface area contributed by atoms with Gasteiger partial charge in [-0.3, -0.25) is 9.69 Å². The van der Waals surface area contributed by atoms with Gasteiger partial charge in [-0.2, -0.15) is 4.98 Å². The van der Waals surface area contributed by atoms with Crippen LogP contribution in [0.4, 0.5) is 0 Å². The molecule has 1 amide bonds. The summed E-state index contributed by atoms with van der Waals surface area (Å²) >= 11 is 1.59. The van der Waals surface area contributed by atoms with Gasteiger partial charge in [-0.25, -0.2) is 0 Å². The van der Waals surface area contributed by atoms with Gasteiger partial charge < -0.3 is 19.9 Å². The molecule has 0 radical (unpaired) electrons. The monoisotopic (exact) mass is 463 g/mol. The van der Waals surface area contributed by atoms with Gasteiger partial charge in [0.15, 0.2) is 0 Å². The Labute approximate surface area is 186 Å². The van der Waals surface area contributed by atoms with Crippen molar-refractivity contribution in [3.8, 4) is 10.7 Å². The van der Waals surface area contributed by atoms with E-state index < -0.39 is 6.04 Å². The van der Waals surface area contributed by atoms with Crippen molar-refractivity contribution in [1.29, 1.82) is 0 Å². The maximum Gasteiger partial charge on any atom is 0.241 e. The first-order chi connectivity index (χ1) is 13.2. The number of aromatic nitrogens is 2. The predicted molar refractivity (Wildman–Crippen MR) is 115 cm³/mol. The van der Waals surface area contributed by atoms with Gasteiger partial charge in [0, 0.05) is 39.4 Å². The maximum absolute atomic E-state index is 12.7. The molecule has 2 saturated heterocycles. The minimum atomic E-state index is -0.412. The van der Waals surface area contributed by atoms with Crippen LogP contribution in [0, 0.1) is 5.92 Å². The predicted octanol–water partition coefficient (Wildman–Crippen LogP) is 2.04. The van der Waals surface area contributed by atoms with Crippen LogP contribution in [0.25, 0.3) is 10.7 Å². The maximum atomic E-state index is 12.7. The first-order valence-corrected chi connectivity index (χ1v) is 10.3. The van der Waals surface area contributed by atoms with Crippen molar-refractivity contribution in [3.63, 3.8) is 0 Å². The molecule has 0 aliphatic carbocycles. The van der Waals surface area contributed by atoms with E-state index in [9.17, 15) is 4.79 Å². The van der Waals surface area contributed by atoms with Crippen LogP contribution >= 0.6 is 36.2 Å². The second-order valence-electron chi connectivity index (χ2n) is 7.07. The topological polar surface area (TPSA) is 97.7 Å². The van der Waals surface area contributed by atoms with Crippen LogP contribution in [0.2, 0.25) is 0 Å². The SMILES string of the molecule is Cl.Cl.NC(C(=O)N1CCN(Cc2nc(-c3cccs3)no2)CC1)C1CCOCC1. The zero-order chi connectivity index (χ0) is 18.6. The summed E-state index contributed by atoms with van der Waals surface area (Å²) in [4.78, 5) is 22.3. The molecule has 0 bridgehead atoms. The summed E-state index contributed by atoms with van der Waals surface area (Å²) in [5, 5.41) is 6.04. The summed E-state index contributed by atoms with van der Waals surface area (Å²) in [6.07, 6.45) is 1.74. The molecule has 2 aliphatic heterocycles. The fraction of sp³-hybridized carbons (Fsp3) is 0.611. The number of carbonyl (C=O) groups excluding carboxylic acids is 1. The van der Waals surface area contributed by atoms with E-state index in [0.717, 1.165) is 30.8 Å². The van der Waals surface area contributed by atoms with Crippen LogP contribution in [0.15, 0.2) is 22.0 Å². The number of carbonyl (C=O) groups is 1. The molecule has 4 heterocycles. The highest BCUT2D eigenvalue weighted by Crippen LogP contribution is 2.22. The van der Waals surface area contributed by atoms with Crippen LogP contribution < -0.4 is 5.73 Å². The van der Waals surface area contributed by atoms with Crippen molar-refractivity contribution in [2.75, 3.05) is 39.4 Å². The largest absolute Gasteiger partial charge is 0.381 e. The van der Waals surface area contributed by atoms with Gasteiger partial charge in [0.05, 0.1) is 17.5 Å². The lowest BCUT2D eigenvalue weighted by atomic mass is 9.91. The smallest absolute Gasteiger partial charge is 0.241 e. The van der Waals surface area contributed by atoms with Crippen molar-refractivity contribution in [3.05, 3.63) is 23.4 Å². The fourth-order valence-electron chi connectivity index (χ4n) is 3.63. The molecule has 2 aromatic heterocycles. The lowest BCUT2D eigenvalue weighted by Crippen LogP contribution is -2.55. The number of nitrogens with two attached hydrogens (primary N) is 1. The van der Waals surface area contributed by atoms with Gasteiger partial charge in [0.2, 0.25) is 17.6 Å². The van der Waals surface area contributed by atoms with Crippen molar-refractivity contribution >= 4 is 42.1 Å². The third-order valence-corrected chi connectivity index (χ3v) is 6.18. The van der Waals surface area contributed by atoms with E-state index in [1.165, 1.54) is 0 Å². The van der Waals surface area contributed by atoms with E-state index in [4.69, 9.17) is 15.0 Å². The Bertz CT molecular complexity index is 747. The molecule has 8 nitrogen and oxygen atoms in total. The molecular formula is C18H27Cl2N5O3S. The van der Waals surface area contributed by atoms with E-state index in [-0.39, 0.29) is 36.6 Å². The lowest BCUT2D eigenvalue weighted by molar-refractivity contribution is -0.136. The molecule has 0 aromatic carbocycles. The third kappa shape index (κ3) is 5.90. The van der Waals surface area contributed by atoms with E-state index in [0.29, 0.717) is 44.6 Å². The van der Waals surface area contributed by atoms with E-state index in [2.05, 4.69) is 15.0 Å². The first kappa shape index (κ1) is 24.0. The van der Waals surface area contributed by atoms with Crippen LogP contribution in [-0.2, 0) is 16.1 Å². The summed E-state index contributed by atoms with van der Waals surface area (Å²) in [5.74, 6) is 1.55. The van der Waals surface area contributed by atoms with Crippen LogP contribution in [0.5, 0.6) is 0 Å². The van der Waals surface area contributed by atoms with Gasteiger partial charge in [-0.05, 0) is 30.2 Å². The normalized spacial score (nSPS) is 19.3. The number of piperazine rings is 1. The minimum absolute atomic E-state index is 0. The van der Waals surface area contributed by atoms with Gasteiger partial charge in [0.1, 0.15) is 0 Å². The summed E-state index contributed by atoms with van der Waals surface area (Å²) in [5.41, 5.74) is 6.24. The average Bonchev–Trinajstić information content (AvgIpc) is 3.40. The number of thiophene rings is 1. The van der Waals surface area contributed by atoms with Crippen LogP contribution in [0.1, 0.15) is 18.7 Å². The Morgan fingerprint density at radius 1 is 1.24 bits per heavy atom. The van der Waals surface area contributed by atoms with Crippen molar-refractivity contribution in [2.45, 2.75) is 25.4 Å². The molecule has 29 heavy (non-hydrogen) atoms. The highest BCUT2D eigenvalue weighted by atomic mass is 35.5. The number of hydrogen-bond acceptors (Lipinski definition) is 8. The Morgan fingerprint density at radius 3 is 2.62 bits per heavy atom. The molecule has 11 heteroatoms. The highest BCUT2D eigenvalue weighted by molar-refractivity contribution is 7.13. The average molecular weight is 464 g/mol. The molecular weight excluding hydrogens is 437 g/mol. The Morgan fingerprint density at radius 2 is 1.97 bits per heavy atom. The number of amides is 1. The number of nitrogens with zero attached hydrogens (tertiary/aromatic N) is 4. The molecule has 0 saturated carbocycles. The minimum Gasteiger partial charge on any atom is -0.381 e. The van der Waals surface area contributed by atoms with Crippen LogP contribution in [-0.4, -0.2) is 71.3 Å². The van der Waals surface area contributed by atoms with Crippen molar-refractivity contribution in [1.82, 2.24) is 19.9 Å². The van der Waals surface area contributed by atoms with Gasteiger partial charge in [-0.15, -0.1) is 36.2 Å². The second-order valence-corrected chi connectivity index (χ2v) is 8.01.